The quantitative estimate of drug-likeness (QED) is 0.435. The van der Waals surface area contributed by atoms with Crippen LogP contribution in [-0.2, 0) is 4.79 Å². The molecule has 2 unspecified atom stereocenters. The molecule has 1 heterocycles. The minimum Gasteiger partial charge on any atom is -0.324 e. The molecule has 2 rings (SSSR count). The van der Waals surface area contributed by atoms with Crippen LogP contribution >= 0.6 is 11.8 Å². The predicted octanol–water partition coefficient (Wildman–Crippen LogP) is 1.14. The van der Waals surface area contributed by atoms with Crippen molar-refractivity contribution in [3.8, 4) is 0 Å². The molecule has 6 heteroatoms. The fourth-order valence-corrected chi connectivity index (χ4v) is 2.87. The normalized spacial score (nSPS) is 20.5. The van der Waals surface area contributed by atoms with E-state index in [0.29, 0.717) is 0 Å². The van der Waals surface area contributed by atoms with Gasteiger partial charge in [-0.1, -0.05) is 6.07 Å². The lowest BCUT2D eigenvalue weighted by molar-refractivity contribution is -0.115. The molecule has 5 nitrogen and oxygen atoms in total. The van der Waals surface area contributed by atoms with Crippen LogP contribution in [-0.4, -0.2) is 30.2 Å². The van der Waals surface area contributed by atoms with Crippen LogP contribution in [0.25, 0.3) is 0 Å². The number of hydrogen-bond donors (Lipinski definition) is 3. The van der Waals surface area contributed by atoms with Crippen LogP contribution in [0.15, 0.2) is 23.1 Å². The molecule has 98 valence electrons. The van der Waals surface area contributed by atoms with Gasteiger partial charge in [-0.05, 0) is 38.7 Å². The van der Waals surface area contributed by atoms with Crippen LogP contribution in [0.4, 0.5) is 5.69 Å². The van der Waals surface area contributed by atoms with Crippen molar-refractivity contribution in [3.63, 3.8) is 0 Å². The van der Waals surface area contributed by atoms with Crippen LogP contribution in [0, 0.1) is 0 Å². The summed E-state index contributed by atoms with van der Waals surface area (Å²) < 4.78 is 0. The Labute approximate surface area is 111 Å². The Hall–Kier alpha value is -1.08. The predicted molar refractivity (Wildman–Crippen MR) is 74.1 cm³/mol. The van der Waals surface area contributed by atoms with Gasteiger partial charge in [0.25, 0.3) is 0 Å². The minimum absolute atomic E-state index is 0.0411. The van der Waals surface area contributed by atoms with Crippen molar-refractivity contribution >= 4 is 23.4 Å². The van der Waals surface area contributed by atoms with Gasteiger partial charge in [0.05, 0.1) is 17.1 Å². The number of rotatable bonds is 3. The number of carbonyl (C=O) groups excluding carboxylic acids is 1. The monoisotopic (exact) mass is 266 g/mol. The van der Waals surface area contributed by atoms with Crippen molar-refractivity contribution in [1.82, 2.24) is 10.3 Å². The SMILES string of the molecule is CC1Sc2ccc(C(NN)N(C)C)cc2NC1=O. The Morgan fingerprint density at radius 1 is 1.50 bits per heavy atom. The van der Waals surface area contributed by atoms with Crippen molar-refractivity contribution in [2.24, 2.45) is 5.84 Å². The highest BCUT2D eigenvalue weighted by Gasteiger charge is 2.24. The first-order valence-corrected chi connectivity index (χ1v) is 6.65. The maximum Gasteiger partial charge on any atom is 0.237 e. The summed E-state index contributed by atoms with van der Waals surface area (Å²) in [6.45, 7) is 1.90. The smallest absolute Gasteiger partial charge is 0.237 e. The van der Waals surface area contributed by atoms with E-state index < -0.39 is 0 Å². The molecule has 0 saturated carbocycles. The fourth-order valence-electron chi connectivity index (χ4n) is 1.94. The summed E-state index contributed by atoms with van der Waals surface area (Å²) in [6.07, 6.45) is -0.0726. The van der Waals surface area contributed by atoms with Crippen LogP contribution in [0.2, 0.25) is 0 Å². The Morgan fingerprint density at radius 2 is 2.22 bits per heavy atom. The lowest BCUT2D eigenvalue weighted by Crippen LogP contribution is -2.38. The van der Waals surface area contributed by atoms with Crippen molar-refractivity contribution in [2.75, 3.05) is 19.4 Å². The number of anilines is 1. The molecule has 0 aromatic heterocycles. The fraction of sp³-hybridized carbons (Fsp3) is 0.417. The summed E-state index contributed by atoms with van der Waals surface area (Å²) in [5.74, 6) is 5.59. The zero-order valence-electron chi connectivity index (χ0n) is 10.7. The second kappa shape index (κ2) is 5.27. The number of benzene rings is 1. The van der Waals surface area contributed by atoms with Crippen molar-refractivity contribution in [2.45, 2.75) is 23.2 Å². The van der Waals surface area contributed by atoms with Gasteiger partial charge in [-0.3, -0.25) is 15.5 Å². The van der Waals surface area contributed by atoms with Crippen LogP contribution in [0.5, 0.6) is 0 Å². The van der Waals surface area contributed by atoms with E-state index in [2.05, 4.69) is 10.7 Å². The van der Waals surface area contributed by atoms with Gasteiger partial charge in [0.2, 0.25) is 5.91 Å². The molecule has 1 aliphatic rings. The topological polar surface area (TPSA) is 70.4 Å². The number of amides is 1. The Bertz CT molecular complexity index is 463. The Kier molecular flexibility index (Phi) is 3.91. The van der Waals surface area contributed by atoms with Gasteiger partial charge in [-0.15, -0.1) is 11.8 Å². The molecular weight excluding hydrogens is 248 g/mol. The molecule has 0 bridgehead atoms. The van der Waals surface area contributed by atoms with Crippen LogP contribution in [0.3, 0.4) is 0 Å². The number of hydrogen-bond acceptors (Lipinski definition) is 5. The lowest BCUT2D eigenvalue weighted by Gasteiger charge is -2.26. The molecular formula is C12H18N4OS. The molecule has 1 aromatic rings. The van der Waals surface area contributed by atoms with Crippen molar-refractivity contribution < 1.29 is 4.79 Å². The summed E-state index contributed by atoms with van der Waals surface area (Å²) in [6, 6.07) is 6.02. The molecule has 0 aliphatic carbocycles. The Morgan fingerprint density at radius 3 is 2.83 bits per heavy atom. The summed E-state index contributed by atoms with van der Waals surface area (Å²) in [5.41, 5.74) is 4.64. The number of carbonyl (C=O) groups is 1. The number of hydrazine groups is 1. The molecule has 2 atom stereocenters. The number of thioether (sulfide) groups is 1. The van der Waals surface area contributed by atoms with Gasteiger partial charge in [0.1, 0.15) is 0 Å². The summed E-state index contributed by atoms with van der Waals surface area (Å²) >= 11 is 1.58. The summed E-state index contributed by atoms with van der Waals surface area (Å²) in [7, 11) is 3.89. The molecule has 1 aromatic carbocycles. The highest BCUT2D eigenvalue weighted by atomic mass is 32.2. The van der Waals surface area contributed by atoms with Crippen LogP contribution in [0.1, 0.15) is 18.7 Å². The first-order chi connectivity index (χ1) is 8.52. The molecule has 1 aliphatic heterocycles. The number of nitrogens with zero attached hydrogens (tertiary/aromatic N) is 1. The maximum atomic E-state index is 11.7. The standard InChI is InChI=1S/C12H18N4OS/c1-7-12(17)14-9-6-8(4-5-10(9)18-7)11(15-13)16(2)3/h4-7,11,15H,13H2,1-3H3,(H,14,17). The molecule has 0 spiro atoms. The van der Waals surface area contributed by atoms with Gasteiger partial charge in [0, 0.05) is 4.90 Å². The number of fused-ring (bicyclic) bond motifs is 1. The molecule has 0 saturated heterocycles. The van der Waals surface area contributed by atoms with Gasteiger partial charge in [0.15, 0.2) is 0 Å². The van der Waals surface area contributed by atoms with Crippen molar-refractivity contribution in [3.05, 3.63) is 23.8 Å². The lowest BCUT2D eigenvalue weighted by atomic mass is 10.1. The van der Waals surface area contributed by atoms with E-state index in [9.17, 15) is 4.79 Å². The number of nitrogens with two attached hydrogens (primary N) is 1. The van der Waals surface area contributed by atoms with E-state index in [4.69, 9.17) is 5.84 Å². The van der Waals surface area contributed by atoms with E-state index in [1.165, 1.54) is 0 Å². The van der Waals surface area contributed by atoms with Crippen molar-refractivity contribution in [1.29, 1.82) is 0 Å². The maximum absolute atomic E-state index is 11.7. The van der Waals surface area contributed by atoms with Crippen LogP contribution < -0.4 is 16.6 Å². The second-order valence-electron chi connectivity index (χ2n) is 4.54. The molecule has 18 heavy (non-hydrogen) atoms. The van der Waals surface area contributed by atoms with Gasteiger partial charge in [-0.2, -0.15) is 0 Å². The first kappa shape index (κ1) is 13.4. The summed E-state index contributed by atoms with van der Waals surface area (Å²) in [4.78, 5) is 14.7. The third-order valence-electron chi connectivity index (χ3n) is 2.92. The first-order valence-electron chi connectivity index (χ1n) is 5.77. The largest absolute Gasteiger partial charge is 0.324 e. The van der Waals surface area contributed by atoms with Gasteiger partial charge in [-0.25, -0.2) is 5.43 Å². The highest BCUT2D eigenvalue weighted by molar-refractivity contribution is 8.00. The van der Waals surface area contributed by atoms with Gasteiger partial charge >= 0.3 is 0 Å². The third kappa shape index (κ3) is 2.51. The molecule has 4 N–H and O–H groups in total. The highest BCUT2D eigenvalue weighted by Crippen LogP contribution is 2.36. The average molecular weight is 266 g/mol. The van der Waals surface area contributed by atoms with E-state index in [1.807, 2.05) is 44.1 Å². The molecule has 0 radical (unpaired) electrons. The zero-order chi connectivity index (χ0) is 13.3. The summed E-state index contributed by atoms with van der Waals surface area (Å²) in [5, 5.41) is 2.88. The van der Waals surface area contributed by atoms with E-state index >= 15 is 0 Å². The minimum atomic E-state index is -0.0726. The molecule has 0 fully saturated rings. The Balaban J connectivity index is 2.32. The molecule has 1 amide bonds. The third-order valence-corrected chi connectivity index (χ3v) is 4.10. The van der Waals surface area contributed by atoms with E-state index in [0.717, 1.165) is 16.1 Å². The van der Waals surface area contributed by atoms with E-state index in [-0.39, 0.29) is 17.3 Å². The number of nitrogens with one attached hydrogen (secondary N) is 2. The van der Waals surface area contributed by atoms with E-state index in [1.54, 1.807) is 11.8 Å². The average Bonchev–Trinajstić information content (AvgIpc) is 2.31. The van der Waals surface area contributed by atoms with Gasteiger partial charge < -0.3 is 5.32 Å². The zero-order valence-corrected chi connectivity index (χ0v) is 11.5. The second-order valence-corrected chi connectivity index (χ2v) is 5.92.